The van der Waals surface area contributed by atoms with Crippen LogP contribution >= 0.6 is 11.6 Å². The van der Waals surface area contributed by atoms with Gasteiger partial charge in [0.15, 0.2) is 0 Å². The molecule has 0 aliphatic carbocycles. The van der Waals surface area contributed by atoms with E-state index in [0.29, 0.717) is 15.9 Å². The van der Waals surface area contributed by atoms with Crippen LogP contribution in [-0.4, -0.2) is 41.0 Å². The molecule has 1 N–H and O–H groups in total. The number of hydrogen-bond acceptors (Lipinski definition) is 7. The number of esters is 2. The number of aromatic nitrogens is 1. The molecule has 0 amide bonds. The number of fused-ring (bicyclic) bond motifs is 1. The standard InChI is InChI=1S/C19H18ClNO6/c1-3-10-25-16(22)12-19(24,18(23)26-11-4-2)27-15-8-7-14(20)13-6-5-9-21-17(13)15/h3-9,24H,1-2,10-12H2. The maximum absolute atomic E-state index is 12.3. The normalized spacial score (nSPS) is 12.7. The quantitative estimate of drug-likeness (QED) is 0.399. The highest BCUT2D eigenvalue weighted by molar-refractivity contribution is 6.35. The molecule has 0 saturated heterocycles. The van der Waals surface area contributed by atoms with E-state index in [2.05, 4.69) is 18.1 Å². The van der Waals surface area contributed by atoms with Gasteiger partial charge in [0, 0.05) is 11.6 Å². The van der Waals surface area contributed by atoms with Gasteiger partial charge in [-0.3, -0.25) is 9.78 Å². The minimum absolute atomic E-state index is 0.0459. The molecular weight excluding hydrogens is 374 g/mol. The summed E-state index contributed by atoms with van der Waals surface area (Å²) in [5, 5.41) is 11.7. The van der Waals surface area contributed by atoms with Crippen molar-refractivity contribution in [3.63, 3.8) is 0 Å². The highest BCUT2D eigenvalue weighted by atomic mass is 35.5. The molecule has 1 atom stereocenters. The molecule has 7 nitrogen and oxygen atoms in total. The first-order valence-electron chi connectivity index (χ1n) is 7.90. The Bertz CT molecular complexity index is 868. The van der Waals surface area contributed by atoms with Crippen molar-refractivity contribution in [2.45, 2.75) is 12.2 Å². The smallest absolute Gasteiger partial charge is 0.380 e. The summed E-state index contributed by atoms with van der Waals surface area (Å²) < 4.78 is 15.2. The van der Waals surface area contributed by atoms with E-state index in [9.17, 15) is 14.7 Å². The molecule has 2 rings (SSSR count). The van der Waals surface area contributed by atoms with Crippen LogP contribution in [0.4, 0.5) is 0 Å². The van der Waals surface area contributed by atoms with Crippen LogP contribution in [0.15, 0.2) is 55.8 Å². The molecule has 0 aliphatic heterocycles. The summed E-state index contributed by atoms with van der Waals surface area (Å²) in [6.45, 7) is 6.59. The lowest BCUT2D eigenvalue weighted by Gasteiger charge is -2.26. The first kappa shape index (κ1) is 20.4. The third kappa shape index (κ3) is 5.06. The highest BCUT2D eigenvalue weighted by Gasteiger charge is 2.44. The summed E-state index contributed by atoms with van der Waals surface area (Å²) in [5.74, 6) is -4.62. The van der Waals surface area contributed by atoms with Crippen molar-refractivity contribution in [1.82, 2.24) is 4.98 Å². The minimum Gasteiger partial charge on any atom is -0.461 e. The Morgan fingerprint density at radius 2 is 1.89 bits per heavy atom. The zero-order chi connectivity index (χ0) is 19.9. The van der Waals surface area contributed by atoms with Crippen molar-refractivity contribution in [3.05, 3.63) is 60.8 Å². The monoisotopic (exact) mass is 391 g/mol. The molecule has 1 unspecified atom stereocenters. The van der Waals surface area contributed by atoms with Crippen LogP contribution in [0.1, 0.15) is 6.42 Å². The third-order valence-corrected chi connectivity index (χ3v) is 3.69. The van der Waals surface area contributed by atoms with Gasteiger partial charge >= 0.3 is 17.7 Å². The minimum atomic E-state index is -2.63. The van der Waals surface area contributed by atoms with Crippen molar-refractivity contribution < 1.29 is 28.9 Å². The lowest BCUT2D eigenvalue weighted by molar-refractivity contribution is -0.205. The predicted molar refractivity (Wildman–Crippen MR) is 99.3 cm³/mol. The zero-order valence-corrected chi connectivity index (χ0v) is 15.1. The number of aliphatic hydroxyl groups is 1. The van der Waals surface area contributed by atoms with E-state index in [0.717, 1.165) is 0 Å². The molecule has 0 fully saturated rings. The van der Waals surface area contributed by atoms with Crippen molar-refractivity contribution in [1.29, 1.82) is 0 Å². The SMILES string of the molecule is C=CCOC(=O)CC(O)(Oc1ccc(Cl)c2cccnc12)C(=O)OCC=C. The molecule has 0 spiro atoms. The summed E-state index contributed by atoms with van der Waals surface area (Å²) in [4.78, 5) is 28.4. The third-order valence-electron chi connectivity index (χ3n) is 3.36. The van der Waals surface area contributed by atoms with Gasteiger partial charge in [0.1, 0.15) is 30.9 Å². The Balaban J connectivity index is 2.37. The Labute approximate surface area is 160 Å². The Hall–Kier alpha value is -2.90. The maximum Gasteiger partial charge on any atom is 0.380 e. The van der Waals surface area contributed by atoms with E-state index in [4.69, 9.17) is 25.8 Å². The number of ether oxygens (including phenoxy) is 3. The molecule has 1 aromatic carbocycles. The van der Waals surface area contributed by atoms with Crippen LogP contribution in [0.5, 0.6) is 5.75 Å². The fourth-order valence-corrected chi connectivity index (χ4v) is 2.39. The fourth-order valence-electron chi connectivity index (χ4n) is 2.17. The second kappa shape index (κ2) is 9.16. The van der Waals surface area contributed by atoms with Crippen LogP contribution in [-0.2, 0) is 19.1 Å². The average molecular weight is 392 g/mol. The van der Waals surface area contributed by atoms with Gasteiger partial charge < -0.3 is 19.3 Å². The second-order valence-corrected chi connectivity index (χ2v) is 5.77. The average Bonchev–Trinajstić information content (AvgIpc) is 2.66. The summed E-state index contributed by atoms with van der Waals surface area (Å²) in [6.07, 6.45) is 3.37. The number of carbonyl (C=O) groups is 2. The largest absolute Gasteiger partial charge is 0.461 e. The van der Waals surface area contributed by atoms with Gasteiger partial charge in [-0.05, 0) is 24.3 Å². The summed E-state index contributed by atoms with van der Waals surface area (Å²) in [6, 6.07) is 6.32. The second-order valence-electron chi connectivity index (χ2n) is 5.37. The Morgan fingerprint density at radius 3 is 2.59 bits per heavy atom. The molecule has 8 heteroatoms. The predicted octanol–water partition coefficient (Wildman–Crippen LogP) is 2.80. The molecule has 1 aromatic heterocycles. The number of pyridine rings is 1. The van der Waals surface area contributed by atoms with Gasteiger partial charge in [0.2, 0.25) is 0 Å². The maximum atomic E-state index is 12.3. The Kier molecular flexibility index (Phi) is 6.92. The number of halogens is 1. The van der Waals surface area contributed by atoms with Crippen molar-refractivity contribution in [2.75, 3.05) is 13.2 Å². The van der Waals surface area contributed by atoms with Crippen molar-refractivity contribution >= 4 is 34.4 Å². The first-order valence-corrected chi connectivity index (χ1v) is 8.28. The van der Waals surface area contributed by atoms with Crippen LogP contribution in [0.3, 0.4) is 0 Å². The lowest BCUT2D eigenvalue weighted by atomic mass is 10.1. The van der Waals surface area contributed by atoms with E-state index in [-0.39, 0.29) is 19.0 Å². The molecule has 2 aromatic rings. The Morgan fingerprint density at radius 1 is 1.19 bits per heavy atom. The molecule has 1 heterocycles. The molecular formula is C19H18ClNO6. The zero-order valence-electron chi connectivity index (χ0n) is 14.4. The van der Waals surface area contributed by atoms with Gasteiger partial charge in [0.05, 0.1) is 5.02 Å². The topological polar surface area (TPSA) is 95.0 Å². The van der Waals surface area contributed by atoms with Gasteiger partial charge in [-0.2, -0.15) is 0 Å². The number of benzene rings is 1. The summed E-state index contributed by atoms with van der Waals surface area (Å²) >= 11 is 6.13. The summed E-state index contributed by atoms with van der Waals surface area (Å²) in [7, 11) is 0. The van der Waals surface area contributed by atoms with E-state index < -0.39 is 24.1 Å². The van der Waals surface area contributed by atoms with Crippen LogP contribution in [0, 0.1) is 0 Å². The van der Waals surface area contributed by atoms with Crippen LogP contribution in [0.2, 0.25) is 5.02 Å². The van der Waals surface area contributed by atoms with Gasteiger partial charge in [0.25, 0.3) is 0 Å². The lowest BCUT2D eigenvalue weighted by Crippen LogP contribution is -2.48. The summed E-state index contributed by atoms with van der Waals surface area (Å²) in [5.41, 5.74) is 0.305. The van der Waals surface area contributed by atoms with Crippen LogP contribution in [0.25, 0.3) is 10.9 Å². The van der Waals surface area contributed by atoms with Crippen molar-refractivity contribution in [2.24, 2.45) is 0 Å². The van der Waals surface area contributed by atoms with E-state index in [1.165, 1.54) is 30.5 Å². The van der Waals surface area contributed by atoms with Gasteiger partial charge in [-0.1, -0.05) is 36.9 Å². The highest BCUT2D eigenvalue weighted by Crippen LogP contribution is 2.32. The molecule has 0 bridgehead atoms. The molecule has 0 aliphatic rings. The molecule has 27 heavy (non-hydrogen) atoms. The van der Waals surface area contributed by atoms with Gasteiger partial charge in [-0.15, -0.1) is 0 Å². The molecule has 0 radical (unpaired) electrons. The van der Waals surface area contributed by atoms with E-state index in [1.807, 2.05) is 0 Å². The van der Waals surface area contributed by atoms with E-state index in [1.54, 1.807) is 12.1 Å². The van der Waals surface area contributed by atoms with E-state index >= 15 is 0 Å². The first-order chi connectivity index (χ1) is 12.9. The number of hydrogen-bond donors (Lipinski definition) is 1. The van der Waals surface area contributed by atoms with Crippen molar-refractivity contribution in [3.8, 4) is 5.75 Å². The fraction of sp³-hybridized carbons (Fsp3) is 0.211. The van der Waals surface area contributed by atoms with Gasteiger partial charge in [-0.25, -0.2) is 4.79 Å². The number of carbonyl (C=O) groups excluding carboxylic acids is 2. The number of rotatable bonds is 9. The van der Waals surface area contributed by atoms with Crippen LogP contribution < -0.4 is 4.74 Å². The molecule has 142 valence electrons. The number of nitrogens with zero attached hydrogens (tertiary/aromatic N) is 1. The molecule has 0 saturated carbocycles.